The highest BCUT2D eigenvalue weighted by Gasteiger charge is 2.04. The van der Waals surface area contributed by atoms with E-state index in [1.54, 1.807) is 0 Å². The molecule has 0 fully saturated rings. The second-order valence-corrected chi connectivity index (χ2v) is 7.95. The monoisotopic (exact) mass is 327 g/mol. The molecule has 2 nitrogen and oxygen atoms in total. The van der Waals surface area contributed by atoms with Crippen molar-refractivity contribution in [3.63, 3.8) is 0 Å². The zero-order valence-electron chi connectivity index (χ0n) is 16.7. The first kappa shape index (κ1) is 24.9. The zero-order valence-corrected chi connectivity index (χ0v) is 16.7. The van der Waals surface area contributed by atoms with Crippen molar-refractivity contribution in [2.45, 2.75) is 96.8 Å². The van der Waals surface area contributed by atoms with Crippen LogP contribution < -0.4 is 0 Å². The van der Waals surface area contributed by atoms with E-state index in [2.05, 4.69) is 40.2 Å². The van der Waals surface area contributed by atoms with E-state index in [9.17, 15) is 0 Å². The summed E-state index contributed by atoms with van der Waals surface area (Å²) in [5.41, 5.74) is 0. The molecule has 0 aromatic carbocycles. The molecular formula is C21H45NO. The van der Waals surface area contributed by atoms with Gasteiger partial charge in [0.2, 0.25) is 0 Å². The Morgan fingerprint density at radius 2 is 0.957 bits per heavy atom. The number of rotatable bonds is 16. The fraction of sp³-hybridized carbons (Fsp3) is 0.905. The normalized spacial score (nSPS) is 11.8. The average molecular weight is 328 g/mol. The SMILES string of the molecule is CCCCCCCC/C=C/CCCCCCCC[N+](C)(C)C.[OH-]. The van der Waals surface area contributed by atoms with Crippen LogP contribution in [0, 0.1) is 0 Å². The molecule has 0 aromatic rings. The van der Waals surface area contributed by atoms with Crippen LogP contribution in [0.15, 0.2) is 12.2 Å². The Balaban J connectivity index is 0. The molecule has 0 rings (SSSR count). The molecule has 0 bridgehead atoms. The number of quaternary nitrogens is 1. The van der Waals surface area contributed by atoms with Crippen molar-refractivity contribution in [3.8, 4) is 0 Å². The molecule has 0 amide bonds. The van der Waals surface area contributed by atoms with Gasteiger partial charge in [0.05, 0.1) is 27.7 Å². The Kier molecular flexibility index (Phi) is 19.5. The largest absolute Gasteiger partial charge is 0.870 e. The summed E-state index contributed by atoms with van der Waals surface area (Å²) in [5.74, 6) is 0. The summed E-state index contributed by atoms with van der Waals surface area (Å²) in [6.07, 6.45) is 24.4. The van der Waals surface area contributed by atoms with Crippen LogP contribution in [0.4, 0.5) is 0 Å². The van der Waals surface area contributed by atoms with Gasteiger partial charge in [0.15, 0.2) is 0 Å². The Hall–Kier alpha value is -0.340. The van der Waals surface area contributed by atoms with Crippen molar-refractivity contribution in [1.29, 1.82) is 0 Å². The van der Waals surface area contributed by atoms with Gasteiger partial charge in [0, 0.05) is 0 Å². The molecule has 0 aliphatic carbocycles. The molecule has 1 N–H and O–H groups in total. The Morgan fingerprint density at radius 1 is 0.565 bits per heavy atom. The fourth-order valence-electron chi connectivity index (χ4n) is 2.83. The van der Waals surface area contributed by atoms with Crippen molar-refractivity contribution in [3.05, 3.63) is 12.2 Å². The average Bonchev–Trinajstić information content (AvgIpc) is 2.45. The summed E-state index contributed by atoms with van der Waals surface area (Å²) in [6, 6.07) is 0. The van der Waals surface area contributed by atoms with E-state index in [0.717, 1.165) is 4.48 Å². The third-order valence-electron chi connectivity index (χ3n) is 4.34. The van der Waals surface area contributed by atoms with Crippen LogP contribution in [0.1, 0.15) is 96.8 Å². The summed E-state index contributed by atoms with van der Waals surface area (Å²) >= 11 is 0. The van der Waals surface area contributed by atoms with Crippen LogP contribution in [-0.4, -0.2) is 37.6 Å². The van der Waals surface area contributed by atoms with Crippen molar-refractivity contribution in [2.24, 2.45) is 0 Å². The van der Waals surface area contributed by atoms with E-state index in [-0.39, 0.29) is 5.48 Å². The van der Waals surface area contributed by atoms with Crippen molar-refractivity contribution >= 4 is 0 Å². The maximum Gasteiger partial charge on any atom is 0.0780 e. The maximum absolute atomic E-state index is 2.42. The zero-order chi connectivity index (χ0) is 16.5. The minimum absolute atomic E-state index is 0. The number of hydrogen-bond donors (Lipinski definition) is 0. The van der Waals surface area contributed by atoms with Gasteiger partial charge < -0.3 is 9.96 Å². The van der Waals surface area contributed by atoms with Gasteiger partial charge in [-0.15, -0.1) is 0 Å². The molecule has 0 aliphatic rings. The predicted octanol–water partition coefficient (Wildman–Crippen LogP) is 6.55. The topological polar surface area (TPSA) is 30.0 Å². The highest BCUT2D eigenvalue weighted by atomic mass is 16.0. The lowest BCUT2D eigenvalue weighted by molar-refractivity contribution is -0.870. The molecule has 0 heterocycles. The van der Waals surface area contributed by atoms with Gasteiger partial charge in [0.25, 0.3) is 0 Å². The van der Waals surface area contributed by atoms with E-state index in [4.69, 9.17) is 0 Å². The Morgan fingerprint density at radius 3 is 1.39 bits per heavy atom. The van der Waals surface area contributed by atoms with E-state index in [0.29, 0.717) is 0 Å². The van der Waals surface area contributed by atoms with Crippen molar-refractivity contribution in [1.82, 2.24) is 0 Å². The number of unbranched alkanes of at least 4 members (excludes halogenated alkanes) is 12. The summed E-state index contributed by atoms with van der Waals surface area (Å²) in [6.45, 7) is 3.61. The van der Waals surface area contributed by atoms with Gasteiger partial charge >= 0.3 is 0 Å². The summed E-state index contributed by atoms with van der Waals surface area (Å²) in [4.78, 5) is 0. The molecule has 0 spiro atoms. The Labute approximate surface area is 147 Å². The minimum atomic E-state index is 0. The molecule has 0 saturated carbocycles. The molecule has 0 atom stereocenters. The fourth-order valence-corrected chi connectivity index (χ4v) is 2.83. The van der Waals surface area contributed by atoms with Gasteiger partial charge in [-0.05, 0) is 38.5 Å². The molecule has 0 unspecified atom stereocenters. The summed E-state index contributed by atoms with van der Waals surface area (Å²) in [5, 5.41) is 0. The van der Waals surface area contributed by atoms with Crippen LogP contribution in [0.3, 0.4) is 0 Å². The standard InChI is InChI=1S/C21H44N.H2O/c1-5-6-7-8-9-10-11-12-13-14-15-16-17-18-19-20-21-22(2,3)4;/h12-13H,5-11,14-21H2,1-4H3;1H2/q+1;/p-1/b13-12+;. The van der Waals surface area contributed by atoms with E-state index < -0.39 is 0 Å². The van der Waals surface area contributed by atoms with Crippen LogP contribution in [0.25, 0.3) is 0 Å². The van der Waals surface area contributed by atoms with E-state index in [1.165, 1.54) is 96.4 Å². The lowest BCUT2D eigenvalue weighted by Crippen LogP contribution is -2.35. The lowest BCUT2D eigenvalue weighted by Gasteiger charge is -2.23. The number of nitrogens with zero attached hydrogens (tertiary/aromatic N) is 1. The molecule has 140 valence electrons. The van der Waals surface area contributed by atoms with E-state index in [1.807, 2.05) is 0 Å². The van der Waals surface area contributed by atoms with Crippen LogP contribution in [-0.2, 0) is 0 Å². The third kappa shape index (κ3) is 24.0. The highest BCUT2D eigenvalue weighted by Crippen LogP contribution is 2.10. The molecule has 0 radical (unpaired) electrons. The molecule has 0 aromatic heterocycles. The van der Waals surface area contributed by atoms with E-state index >= 15 is 0 Å². The smallest absolute Gasteiger partial charge is 0.0780 e. The quantitative estimate of drug-likeness (QED) is 0.179. The second-order valence-electron chi connectivity index (χ2n) is 7.95. The van der Waals surface area contributed by atoms with Gasteiger partial charge in [-0.25, -0.2) is 0 Å². The highest BCUT2D eigenvalue weighted by molar-refractivity contribution is 4.81. The molecule has 2 heteroatoms. The Bertz CT molecular complexity index is 243. The molecule has 0 aliphatic heterocycles. The molecule has 23 heavy (non-hydrogen) atoms. The van der Waals surface area contributed by atoms with Gasteiger partial charge in [-0.3, -0.25) is 0 Å². The van der Waals surface area contributed by atoms with Crippen LogP contribution in [0.2, 0.25) is 0 Å². The van der Waals surface area contributed by atoms with Crippen molar-refractivity contribution in [2.75, 3.05) is 27.7 Å². The first-order valence-corrected chi connectivity index (χ1v) is 10.0. The van der Waals surface area contributed by atoms with Gasteiger partial charge in [0.1, 0.15) is 0 Å². The maximum atomic E-state index is 2.42. The minimum Gasteiger partial charge on any atom is -0.870 e. The first-order chi connectivity index (χ1) is 10.6. The van der Waals surface area contributed by atoms with Crippen LogP contribution in [0.5, 0.6) is 0 Å². The predicted molar refractivity (Wildman–Crippen MR) is 104 cm³/mol. The molecular weight excluding hydrogens is 282 g/mol. The summed E-state index contributed by atoms with van der Waals surface area (Å²) in [7, 11) is 6.87. The number of allylic oxidation sites excluding steroid dienone is 2. The van der Waals surface area contributed by atoms with Gasteiger partial charge in [-0.2, -0.15) is 0 Å². The van der Waals surface area contributed by atoms with Crippen molar-refractivity contribution < 1.29 is 9.96 Å². The lowest BCUT2D eigenvalue weighted by atomic mass is 10.1. The first-order valence-electron chi connectivity index (χ1n) is 10.0. The number of hydrogen-bond acceptors (Lipinski definition) is 1. The third-order valence-corrected chi connectivity index (χ3v) is 4.34. The molecule has 0 saturated heterocycles. The van der Waals surface area contributed by atoms with Gasteiger partial charge in [-0.1, -0.05) is 70.4 Å². The summed E-state index contributed by atoms with van der Waals surface area (Å²) < 4.78 is 1.11. The second kappa shape index (κ2) is 18.0. The van der Waals surface area contributed by atoms with Crippen LogP contribution >= 0.6 is 0 Å².